The number of ether oxygens (including phenoxy) is 1. The Hall–Kier alpha value is -2.53. The van der Waals surface area contributed by atoms with Gasteiger partial charge in [0.25, 0.3) is 5.91 Å². The van der Waals surface area contributed by atoms with Crippen LogP contribution < -0.4 is 9.64 Å². The molecular weight excluding hydrogens is 326 g/mol. The molecule has 0 radical (unpaired) electrons. The Labute approximate surface area is 155 Å². The van der Waals surface area contributed by atoms with Crippen LogP contribution in [0.15, 0.2) is 54.6 Å². The lowest BCUT2D eigenvalue weighted by Gasteiger charge is -2.36. The van der Waals surface area contributed by atoms with Gasteiger partial charge in [0, 0.05) is 38.4 Å². The van der Waals surface area contributed by atoms with E-state index < -0.39 is 0 Å². The lowest BCUT2D eigenvalue weighted by Crippen LogP contribution is -2.50. The summed E-state index contributed by atoms with van der Waals surface area (Å²) in [5.74, 6) is 0.784. The van der Waals surface area contributed by atoms with Crippen LogP contribution >= 0.6 is 0 Å². The topological polar surface area (TPSA) is 36.0 Å². The fourth-order valence-electron chi connectivity index (χ4n) is 3.18. The van der Waals surface area contributed by atoms with Crippen LogP contribution in [0.2, 0.25) is 0 Å². The Kier molecular flexibility index (Phi) is 6.12. The van der Waals surface area contributed by atoms with E-state index >= 15 is 0 Å². The van der Waals surface area contributed by atoms with Gasteiger partial charge in [-0.3, -0.25) is 4.79 Å². The van der Waals surface area contributed by atoms with Crippen LogP contribution in [-0.4, -0.2) is 62.6 Å². The van der Waals surface area contributed by atoms with Crippen molar-refractivity contribution in [2.75, 3.05) is 51.8 Å². The van der Waals surface area contributed by atoms with Crippen LogP contribution in [0.1, 0.15) is 5.56 Å². The summed E-state index contributed by atoms with van der Waals surface area (Å²) >= 11 is 0. The first kappa shape index (κ1) is 18.3. The zero-order chi connectivity index (χ0) is 18.4. The molecule has 0 saturated carbocycles. The molecule has 2 aromatic carbocycles. The molecule has 1 heterocycles. The number of para-hydroxylation sites is 1. The average Bonchev–Trinajstić information content (AvgIpc) is 2.67. The zero-order valence-corrected chi connectivity index (χ0v) is 15.6. The van der Waals surface area contributed by atoms with E-state index in [2.05, 4.69) is 48.2 Å². The maximum absolute atomic E-state index is 12.4. The molecule has 0 unspecified atom stereocenters. The van der Waals surface area contributed by atoms with Crippen molar-refractivity contribution in [3.63, 3.8) is 0 Å². The quantitative estimate of drug-likeness (QED) is 0.799. The molecule has 1 aliphatic rings. The molecule has 0 aliphatic carbocycles. The predicted molar refractivity (Wildman–Crippen MR) is 105 cm³/mol. The van der Waals surface area contributed by atoms with Gasteiger partial charge in [0.1, 0.15) is 5.75 Å². The first-order chi connectivity index (χ1) is 12.6. The van der Waals surface area contributed by atoms with Crippen LogP contribution in [-0.2, 0) is 11.3 Å². The molecule has 0 N–H and O–H groups in total. The second-order valence-corrected chi connectivity index (χ2v) is 6.88. The van der Waals surface area contributed by atoms with Crippen LogP contribution in [0.4, 0.5) is 5.69 Å². The van der Waals surface area contributed by atoms with Gasteiger partial charge in [-0.05, 0) is 43.9 Å². The standard InChI is InChI=1S/C21H27N3O2/c1-22(2)16-18-7-6-8-19(15-18)23-11-13-24(14-12-23)21(25)17-26-20-9-4-3-5-10-20/h3-10,15H,11-14,16-17H2,1-2H3. The predicted octanol–water partition coefficient (Wildman–Crippen LogP) is 2.48. The summed E-state index contributed by atoms with van der Waals surface area (Å²) < 4.78 is 5.58. The Morgan fingerprint density at radius 2 is 1.73 bits per heavy atom. The summed E-state index contributed by atoms with van der Waals surface area (Å²) in [5, 5.41) is 0. The number of carbonyl (C=O) groups excluding carboxylic acids is 1. The van der Waals surface area contributed by atoms with E-state index in [0.29, 0.717) is 0 Å². The van der Waals surface area contributed by atoms with Crippen molar-refractivity contribution in [1.29, 1.82) is 0 Å². The first-order valence-electron chi connectivity index (χ1n) is 9.06. The van der Waals surface area contributed by atoms with Gasteiger partial charge in [0.15, 0.2) is 6.61 Å². The van der Waals surface area contributed by atoms with Crippen LogP contribution in [0.5, 0.6) is 5.75 Å². The third-order valence-electron chi connectivity index (χ3n) is 4.51. The number of carbonyl (C=O) groups is 1. The first-order valence-corrected chi connectivity index (χ1v) is 9.06. The fourth-order valence-corrected chi connectivity index (χ4v) is 3.18. The van der Waals surface area contributed by atoms with E-state index in [0.717, 1.165) is 38.5 Å². The smallest absolute Gasteiger partial charge is 0.260 e. The molecule has 1 aliphatic heterocycles. The van der Waals surface area contributed by atoms with Crippen molar-refractivity contribution in [2.24, 2.45) is 0 Å². The minimum atomic E-state index is 0.0508. The normalized spacial score (nSPS) is 14.6. The summed E-state index contributed by atoms with van der Waals surface area (Å²) in [4.78, 5) is 18.8. The highest BCUT2D eigenvalue weighted by Gasteiger charge is 2.21. The Morgan fingerprint density at radius 3 is 2.42 bits per heavy atom. The highest BCUT2D eigenvalue weighted by atomic mass is 16.5. The molecule has 2 aromatic rings. The van der Waals surface area contributed by atoms with Gasteiger partial charge in [-0.2, -0.15) is 0 Å². The van der Waals surface area contributed by atoms with Gasteiger partial charge in [-0.15, -0.1) is 0 Å². The van der Waals surface area contributed by atoms with Gasteiger partial charge in [-0.1, -0.05) is 30.3 Å². The van der Waals surface area contributed by atoms with Crippen molar-refractivity contribution in [1.82, 2.24) is 9.80 Å². The van der Waals surface area contributed by atoms with Crippen molar-refractivity contribution in [3.8, 4) is 5.75 Å². The number of nitrogens with zero attached hydrogens (tertiary/aromatic N) is 3. The molecule has 5 nitrogen and oxygen atoms in total. The molecule has 1 fully saturated rings. The molecular formula is C21H27N3O2. The van der Waals surface area contributed by atoms with E-state index in [1.807, 2.05) is 35.2 Å². The monoisotopic (exact) mass is 353 g/mol. The van der Waals surface area contributed by atoms with Gasteiger partial charge < -0.3 is 19.4 Å². The van der Waals surface area contributed by atoms with Crippen LogP contribution in [0.25, 0.3) is 0 Å². The molecule has 1 saturated heterocycles. The summed E-state index contributed by atoms with van der Waals surface area (Å²) in [5.41, 5.74) is 2.54. The van der Waals surface area contributed by atoms with Crippen molar-refractivity contribution >= 4 is 11.6 Å². The van der Waals surface area contributed by atoms with Gasteiger partial charge >= 0.3 is 0 Å². The SMILES string of the molecule is CN(C)Cc1cccc(N2CCN(C(=O)COc3ccccc3)CC2)c1. The average molecular weight is 353 g/mol. The Morgan fingerprint density at radius 1 is 1.00 bits per heavy atom. The van der Waals surface area contributed by atoms with E-state index in [9.17, 15) is 4.79 Å². The van der Waals surface area contributed by atoms with E-state index in [4.69, 9.17) is 4.74 Å². The highest BCUT2D eigenvalue weighted by Crippen LogP contribution is 2.19. The van der Waals surface area contributed by atoms with Gasteiger partial charge in [-0.25, -0.2) is 0 Å². The Balaban J connectivity index is 1.50. The summed E-state index contributed by atoms with van der Waals surface area (Å²) in [7, 11) is 4.16. The second kappa shape index (κ2) is 8.72. The number of amides is 1. The molecule has 0 atom stereocenters. The molecule has 3 rings (SSSR count). The van der Waals surface area contributed by atoms with E-state index in [1.165, 1.54) is 11.3 Å². The molecule has 1 amide bonds. The molecule has 0 aromatic heterocycles. The maximum atomic E-state index is 12.4. The third kappa shape index (κ3) is 4.99. The van der Waals surface area contributed by atoms with Gasteiger partial charge in [0.05, 0.1) is 0 Å². The van der Waals surface area contributed by atoms with Crippen LogP contribution in [0.3, 0.4) is 0 Å². The second-order valence-electron chi connectivity index (χ2n) is 6.88. The summed E-state index contributed by atoms with van der Waals surface area (Å²) in [6, 6.07) is 18.1. The number of hydrogen-bond donors (Lipinski definition) is 0. The fraction of sp³-hybridized carbons (Fsp3) is 0.381. The lowest BCUT2D eigenvalue weighted by atomic mass is 10.1. The zero-order valence-electron chi connectivity index (χ0n) is 15.6. The number of anilines is 1. The van der Waals surface area contributed by atoms with E-state index in [-0.39, 0.29) is 12.5 Å². The molecule has 0 spiro atoms. The van der Waals surface area contributed by atoms with Gasteiger partial charge in [0.2, 0.25) is 0 Å². The number of rotatable bonds is 6. The van der Waals surface area contributed by atoms with Crippen molar-refractivity contribution < 1.29 is 9.53 Å². The number of hydrogen-bond acceptors (Lipinski definition) is 4. The number of benzene rings is 2. The van der Waals surface area contributed by atoms with E-state index in [1.54, 1.807) is 0 Å². The lowest BCUT2D eigenvalue weighted by molar-refractivity contribution is -0.133. The number of piperazine rings is 1. The Bertz CT molecular complexity index is 710. The molecule has 5 heteroatoms. The molecule has 0 bridgehead atoms. The highest BCUT2D eigenvalue weighted by molar-refractivity contribution is 5.78. The third-order valence-corrected chi connectivity index (χ3v) is 4.51. The van der Waals surface area contributed by atoms with Crippen molar-refractivity contribution in [3.05, 3.63) is 60.2 Å². The minimum absolute atomic E-state index is 0.0508. The molecule has 138 valence electrons. The maximum Gasteiger partial charge on any atom is 0.260 e. The largest absolute Gasteiger partial charge is 0.484 e. The summed E-state index contributed by atoms with van der Waals surface area (Å²) in [6.45, 7) is 4.19. The summed E-state index contributed by atoms with van der Waals surface area (Å²) in [6.07, 6.45) is 0. The molecule has 26 heavy (non-hydrogen) atoms. The van der Waals surface area contributed by atoms with Crippen LogP contribution in [0, 0.1) is 0 Å². The minimum Gasteiger partial charge on any atom is -0.484 e. The van der Waals surface area contributed by atoms with Crippen molar-refractivity contribution in [2.45, 2.75) is 6.54 Å².